The molecule has 0 heterocycles. The fourth-order valence-electron chi connectivity index (χ4n) is 1.75. The summed E-state index contributed by atoms with van der Waals surface area (Å²) >= 11 is 0. The van der Waals surface area contributed by atoms with Crippen LogP contribution < -0.4 is 9.47 Å². The minimum atomic E-state index is -1.08. The van der Waals surface area contributed by atoms with Crippen molar-refractivity contribution in [2.45, 2.75) is 38.7 Å². The van der Waals surface area contributed by atoms with Crippen LogP contribution >= 0.6 is 0 Å². The summed E-state index contributed by atoms with van der Waals surface area (Å²) in [4.78, 5) is 10.3. The van der Waals surface area contributed by atoms with Crippen molar-refractivity contribution in [3.63, 3.8) is 0 Å². The van der Waals surface area contributed by atoms with Gasteiger partial charge < -0.3 is 18.9 Å². The van der Waals surface area contributed by atoms with Gasteiger partial charge in [-0.05, 0) is 19.0 Å². The molecular formula is C16H27NO6Si. The molecule has 24 heavy (non-hydrogen) atoms. The Morgan fingerprint density at radius 2 is 1.96 bits per heavy atom. The highest BCUT2D eigenvalue weighted by atomic mass is 28.3. The molecule has 0 amide bonds. The van der Waals surface area contributed by atoms with Crippen LogP contribution in [0.5, 0.6) is 11.5 Å². The van der Waals surface area contributed by atoms with Crippen LogP contribution in [0.25, 0.3) is 0 Å². The molecule has 0 fully saturated rings. The van der Waals surface area contributed by atoms with Gasteiger partial charge in [-0.2, -0.15) is 0 Å². The van der Waals surface area contributed by atoms with Gasteiger partial charge in [0.15, 0.2) is 11.5 Å². The van der Waals surface area contributed by atoms with Crippen LogP contribution in [0.2, 0.25) is 25.7 Å². The Hall–Kier alpha value is -1.64. The van der Waals surface area contributed by atoms with Crippen LogP contribution in [-0.4, -0.2) is 46.2 Å². The molecule has 0 aromatic heterocycles. The molecule has 0 aliphatic carbocycles. The average molecular weight is 357 g/mol. The lowest BCUT2D eigenvalue weighted by Crippen LogP contribution is -2.23. The fourth-order valence-corrected chi connectivity index (χ4v) is 2.50. The van der Waals surface area contributed by atoms with Crippen LogP contribution in [0.3, 0.4) is 0 Å². The monoisotopic (exact) mass is 357 g/mol. The molecular weight excluding hydrogens is 330 g/mol. The van der Waals surface area contributed by atoms with Crippen LogP contribution in [0.1, 0.15) is 6.92 Å². The highest BCUT2D eigenvalue weighted by Gasteiger charge is 2.14. The molecule has 8 heteroatoms. The number of hydrogen-bond acceptors (Lipinski definition) is 6. The molecule has 0 N–H and O–H groups in total. The van der Waals surface area contributed by atoms with Crippen molar-refractivity contribution in [2.24, 2.45) is 0 Å². The Morgan fingerprint density at radius 1 is 1.25 bits per heavy atom. The van der Waals surface area contributed by atoms with Crippen LogP contribution in [0, 0.1) is 10.1 Å². The van der Waals surface area contributed by atoms with Gasteiger partial charge in [-0.25, -0.2) is 0 Å². The number of nitrogens with zero attached hydrogens (tertiary/aromatic N) is 1. The van der Waals surface area contributed by atoms with Gasteiger partial charge in [0.25, 0.3) is 5.69 Å². The minimum absolute atomic E-state index is 0.0423. The molecule has 1 rings (SSSR count). The molecule has 1 aromatic rings. The van der Waals surface area contributed by atoms with Crippen molar-refractivity contribution in [2.75, 3.05) is 27.1 Å². The van der Waals surface area contributed by atoms with Crippen molar-refractivity contribution in [1.29, 1.82) is 0 Å². The first-order valence-electron chi connectivity index (χ1n) is 7.87. The molecule has 0 aliphatic heterocycles. The number of nitro groups is 1. The maximum absolute atomic E-state index is 10.8. The van der Waals surface area contributed by atoms with Gasteiger partial charge in [0.2, 0.25) is 0 Å². The van der Waals surface area contributed by atoms with E-state index in [1.165, 1.54) is 25.3 Å². The van der Waals surface area contributed by atoms with Crippen molar-refractivity contribution in [3.05, 3.63) is 28.3 Å². The lowest BCUT2D eigenvalue weighted by molar-refractivity contribution is -0.385. The largest absolute Gasteiger partial charge is 0.493 e. The van der Waals surface area contributed by atoms with E-state index in [4.69, 9.17) is 18.9 Å². The smallest absolute Gasteiger partial charge is 0.273 e. The van der Waals surface area contributed by atoms with E-state index < -0.39 is 13.0 Å². The summed E-state index contributed by atoms with van der Waals surface area (Å²) < 4.78 is 21.7. The van der Waals surface area contributed by atoms with Crippen molar-refractivity contribution in [3.8, 4) is 11.5 Å². The Kier molecular flexibility index (Phi) is 8.16. The molecule has 0 spiro atoms. The standard InChI is InChI=1S/C16H27NO6Si/c1-13(23-12-21-8-9-24(3,4)5)11-22-15-7-6-14(17(18)19)10-16(15)20-2/h6-7,10,13H,8-9,11-12H2,1-5H3. The maximum atomic E-state index is 10.8. The lowest BCUT2D eigenvalue weighted by atomic mass is 10.3. The van der Waals surface area contributed by atoms with E-state index in [0.717, 1.165) is 6.04 Å². The van der Waals surface area contributed by atoms with Crippen LogP contribution in [0.4, 0.5) is 5.69 Å². The van der Waals surface area contributed by atoms with E-state index in [0.29, 0.717) is 24.7 Å². The lowest BCUT2D eigenvalue weighted by Gasteiger charge is -2.18. The second-order valence-corrected chi connectivity index (χ2v) is 12.3. The number of benzene rings is 1. The van der Waals surface area contributed by atoms with E-state index in [2.05, 4.69) is 19.6 Å². The first-order chi connectivity index (χ1) is 11.2. The summed E-state index contributed by atoms with van der Waals surface area (Å²) in [5.41, 5.74) is -0.0423. The van der Waals surface area contributed by atoms with E-state index >= 15 is 0 Å². The minimum Gasteiger partial charge on any atom is -0.493 e. The molecule has 1 unspecified atom stereocenters. The normalized spacial score (nSPS) is 12.7. The zero-order valence-corrected chi connectivity index (χ0v) is 16.0. The van der Waals surface area contributed by atoms with Crippen molar-refractivity contribution in [1.82, 2.24) is 0 Å². The fraction of sp³-hybridized carbons (Fsp3) is 0.625. The average Bonchev–Trinajstić information content (AvgIpc) is 2.51. The van der Waals surface area contributed by atoms with Gasteiger partial charge in [-0.1, -0.05) is 19.6 Å². The SMILES string of the molecule is COc1cc([N+](=O)[O-])ccc1OCC(C)OCOCC[Si](C)(C)C. The Labute approximate surface area is 144 Å². The number of rotatable bonds is 11. The van der Waals surface area contributed by atoms with Gasteiger partial charge in [0, 0.05) is 20.7 Å². The summed E-state index contributed by atoms with van der Waals surface area (Å²) in [6.45, 7) is 10.00. The molecule has 0 aliphatic rings. The molecule has 0 saturated carbocycles. The first-order valence-corrected chi connectivity index (χ1v) is 11.6. The van der Waals surface area contributed by atoms with E-state index in [9.17, 15) is 10.1 Å². The molecule has 1 aromatic carbocycles. The maximum Gasteiger partial charge on any atom is 0.273 e. The third kappa shape index (κ3) is 7.76. The highest BCUT2D eigenvalue weighted by molar-refractivity contribution is 6.76. The molecule has 0 radical (unpaired) electrons. The molecule has 0 bridgehead atoms. The third-order valence-electron chi connectivity index (χ3n) is 3.26. The summed E-state index contributed by atoms with van der Waals surface area (Å²) in [6.07, 6.45) is -0.170. The van der Waals surface area contributed by atoms with E-state index in [1.54, 1.807) is 0 Å². The van der Waals surface area contributed by atoms with Gasteiger partial charge in [0.05, 0.1) is 24.2 Å². The van der Waals surface area contributed by atoms with Crippen LogP contribution in [0.15, 0.2) is 18.2 Å². The quantitative estimate of drug-likeness (QED) is 0.197. The zero-order chi connectivity index (χ0) is 18.2. The molecule has 0 saturated heterocycles. The predicted octanol–water partition coefficient (Wildman–Crippen LogP) is 3.70. The summed E-state index contributed by atoms with van der Waals surface area (Å²) in [7, 11) is 0.359. The molecule has 136 valence electrons. The van der Waals surface area contributed by atoms with Gasteiger partial charge in [-0.15, -0.1) is 0 Å². The van der Waals surface area contributed by atoms with Crippen molar-refractivity contribution < 1.29 is 23.9 Å². The number of nitro benzene ring substituents is 1. The number of methoxy groups -OCH3 is 1. The Morgan fingerprint density at radius 3 is 2.54 bits per heavy atom. The second-order valence-electron chi connectivity index (χ2n) is 6.72. The topological polar surface area (TPSA) is 80.1 Å². The zero-order valence-electron chi connectivity index (χ0n) is 15.0. The molecule has 1 atom stereocenters. The van der Waals surface area contributed by atoms with Gasteiger partial charge in [-0.3, -0.25) is 10.1 Å². The summed E-state index contributed by atoms with van der Waals surface area (Å²) in [5, 5.41) is 10.8. The highest BCUT2D eigenvalue weighted by Crippen LogP contribution is 2.31. The Bertz CT molecular complexity index is 532. The number of ether oxygens (including phenoxy) is 4. The second kappa shape index (κ2) is 9.60. The predicted molar refractivity (Wildman–Crippen MR) is 94.7 cm³/mol. The van der Waals surface area contributed by atoms with Gasteiger partial charge in [0.1, 0.15) is 13.4 Å². The summed E-state index contributed by atoms with van der Waals surface area (Å²) in [5.74, 6) is 0.765. The molecule has 7 nitrogen and oxygen atoms in total. The summed E-state index contributed by atoms with van der Waals surface area (Å²) in [6, 6.07) is 5.33. The number of non-ortho nitro benzene ring substituents is 1. The third-order valence-corrected chi connectivity index (χ3v) is 4.97. The van der Waals surface area contributed by atoms with E-state index in [-0.39, 0.29) is 18.6 Å². The van der Waals surface area contributed by atoms with E-state index in [1.807, 2.05) is 6.92 Å². The van der Waals surface area contributed by atoms with Crippen molar-refractivity contribution >= 4 is 13.8 Å². The number of hydrogen-bond donors (Lipinski definition) is 0. The Balaban J connectivity index is 2.36. The van der Waals surface area contributed by atoms with Gasteiger partial charge >= 0.3 is 0 Å². The van der Waals surface area contributed by atoms with Crippen LogP contribution in [-0.2, 0) is 9.47 Å². The first kappa shape index (κ1) is 20.4.